The summed E-state index contributed by atoms with van der Waals surface area (Å²) in [5, 5.41) is 7.67. The molecule has 0 aliphatic heterocycles. The molecule has 0 saturated carbocycles. The van der Waals surface area contributed by atoms with E-state index in [-0.39, 0.29) is 5.84 Å². The van der Waals surface area contributed by atoms with Crippen LogP contribution < -0.4 is 10.6 Å². The number of rotatable bonds is 4. The summed E-state index contributed by atoms with van der Waals surface area (Å²) in [5.74, 6) is 0.0588. The Kier molecular flexibility index (Phi) is 3.80. The van der Waals surface area contributed by atoms with Gasteiger partial charge in [-0.05, 0) is 37.6 Å². The fourth-order valence-corrected chi connectivity index (χ4v) is 2.12. The number of aromatic nitrogens is 1. The molecule has 98 valence electrons. The molecule has 0 spiro atoms. The van der Waals surface area contributed by atoms with Crippen molar-refractivity contribution in [2.24, 2.45) is 5.73 Å². The molecule has 3 N–H and O–H groups in total. The number of hydrogen-bond donors (Lipinski definition) is 2. The van der Waals surface area contributed by atoms with E-state index in [9.17, 15) is 0 Å². The first kappa shape index (κ1) is 13.1. The maximum Gasteiger partial charge on any atom is 0.125 e. The average Bonchev–Trinajstić information content (AvgIpc) is 2.40. The molecule has 0 amide bonds. The molecule has 4 nitrogen and oxygen atoms in total. The molecule has 1 aromatic heterocycles. The number of amidine groups is 1. The van der Waals surface area contributed by atoms with E-state index in [2.05, 4.69) is 35.9 Å². The Bertz CT molecular complexity index is 592. The van der Waals surface area contributed by atoms with Gasteiger partial charge < -0.3 is 10.6 Å². The highest BCUT2D eigenvalue weighted by atomic mass is 15.1. The van der Waals surface area contributed by atoms with E-state index >= 15 is 0 Å². The maximum absolute atomic E-state index is 7.67. The van der Waals surface area contributed by atoms with Crippen molar-refractivity contribution in [1.82, 2.24) is 4.98 Å². The topological polar surface area (TPSA) is 66.0 Å². The number of nitrogens with two attached hydrogens (primary N) is 1. The van der Waals surface area contributed by atoms with Crippen molar-refractivity contribution in [1.29, 1.82) is 5.41 Å². The van der Waals surface area contributed by atoms with Gasteiger partial charge in [0.25, 0.3) is 0 Å². The highest BCUT2D eigenvalue weighted by Gasteiger charge is 2.13. The van der Waals surface area contributed by atoms with E-state index in [0.29, 0.717) is 5.56 Å². The predicted molar refractivity (Wildman–Crippen MR) is 79.1 cm³/mol. The van der Waals surface area contributed by atoms with Crippen molar-refractivity contribution in [3.8, 4) is 0 Å². The van der Waals surface area contributed by atoms with Gasteiger partial charge in [-0.15, -0.1) is 0 Å². The number of hydrogen-bond acceptors (Lipinski definition) is 3. The van der Waals surface area contributed by atoms with Crippen LogP contribution in [-0.4, -0.2) is 17.4 Å². The van der Waals surface area contributed by atoms with Crippen molar-refractivity contribution >= 4 is 17.2 Å². The molecular weight excluding hydrogens is 236 g/mol. The highest BCUT2D eigenvalue weighted by Crippen LogP contribution is 2.27. The molecule has 1 heterocycles. The largest absolute Gasteiger partial charge is 0.384 e. The van der Waals surface area contributed by atoms with Gasteiger partial charge in [-0.3, -0.25) is 10.4 Å². The van der Waals surface area contributed by atoms with Gasteiger partial charge in [0.1, 0.15) is 5.84 Å². The van der Waals surface area contributed by atoms with Crippen LogP contribution in [0.15, 0.2) is 42.7 Å². The lowest BCUT2D eigenvalue weighted by atomic mass is 10.1. The lowest BCUT2D eigenvalue weighted by molar-refractivity contribution is 1.01. The van der Waals surface area contributed by atoms with Crippen LogP contribution in [0.1, 0.15) is 18.1 Å². The van der Waals surface area contributed by atoms with Gasteiger partial charge in [0.2, 0.25) is 0 Å². The Morgan fingerprint density at radius 2 is 2.16 bits per heavy atom. The summed E-state index contributed by atoms with van der Waals surface area (Å²) >= 11 is 0. The smallest absolute Gasteiger partial charge is 0.125 e. The quantitative estimate of drug-likeness (QED) is 0.651. The molecule has 0 bridgehead atoms. The number of pyridine rings is 1. The first-order valence-electron chi connectivity index (χ1n) is 6.26. The van der Waals surface area contributed by atoms with Gasteiger partial charge in [0, 0.05) is 24.0 Å². The third kappa shape index (κ3) is 2.73. The molecule has 19 heavy (non-hydrogen) atoms. The van der Waals surface area contributed by atoms with Crippen molar-refractivity contribution in [3.63, 3.8) is 0 Å². The van der Waals surface area contributed by atoms with Crippen molar-refractivity contribution in [3.05, 3.63) is 53.9 Å². The zero-order valence-corrected chi connectivity index (χ0v) is 11.2. The fourth-order valence-electron chi connectivity index (χ4n) is 2.12. The third-order valence-corrected chi connectivity index (χ3v) is 3.01. The summed E-state index contributed by atoms with van der Waals surface area (Å²) < 4.78 is 0. The van der Waals surface area contributed by atoms with Gasteiger partial charge in [-0.1, -0.05) is 12.1 Å². The summed E-state index contributed by atoms with van der Waals surface area (Å²) in [5.41, 5.74) is 9.49. The molecule has 0 saturated heterocycles. The zero-order chi connectivity index (χ0) is 13.8. The van der Waals surface area contributed by atoms with E-state index < -0.39 is 0 Å². The summed E-state index contributed by atoms with van der Waals surface area (Å²) in [4.78, 5) is 6.26. The van der Waals surface area contributed by atoms with Crippen LogP contribution in [0.25, 0.3) is 0 Å². The van der Waals surface area contributed by atoms with Crippen LogP contribution in [0.4, 0.5) is 11.4 Å². The molecule has 2 rings (SSSR count). The Balaban J connectivity index is 2.51. The van der Waals surface area contributed by atoms with Crippen molar-refractivity contribution in [2.75, 3.05) is 11.4 Å². The molecule has 0 atom stereocenters. The van der Waals surface area contributed by atoms with Crippen molar-refractivity contribution in [2.45, 2.75) is 13.8 Å². The first-order chi connectivity index (χ1) is 9.13. The molecule has 1 aromatic carbocycles. The maximum atomic E-state index is 7.67. The monoisotopic (exact) mass is 254 g/mol. The molecular formula is C15H18N4. The van der Waals surface area contributed by atoms with E-state index in [4.69, 9.17) is 11.1 Å². The van der Waals surface area contributed by atoms with E-state index in [1.807, 2.05) is 12.1 Å². The van der Waals surface area contributed by atoms with Gasteiger partial charge in [0.05, 0.1) is 11.9 Å². The molecule has 0 fully saturated rings. The Morgan fingerprint density at radius 3 is 2.79 bits per heavy atom. The number of nitrogen functional groups attached to an aromatic ring is 1. The summed E-state index contributed by atoms with van der Waals surface area (Å²) in [7, 11) is 0. The van der Waals surface area contributed by atoms with E-state index in [1.54, 1.807) is 18.5 Å². The normalized spacial score (nSPS) is 10.2. The van der Waals surface area contributed by atoms with Crippen LogP contribution in [0.2, 0.25) is 0 Å². The Hall–Kier alpha value is -2.36. The molecule has 2 aromatic rings. The number of anilines is 2. The van der Waals surface area contributed by atoms with Crippen LogP contribution in [0.3, 0.4) is 0 Å². The van der Waals surface area contributed by atoms with Gasteiger partial charge in [-0.2, -0.15) is 0 Å². The van der Waals surface area contributed by atoms with Crippen molar-refractivity contribution < 1.29 is 0 Å². The molecule has 4 heteroatoms. The summed E-state index contributed by atoms with van der Waals surface area (Å²) in [6.07, 6.45) is 3.41. The lowest BCUT2D eigenvalue weighted by Crippen LogP contribution is -2.22. The van der Waals surface area contributed by atoms with Crippen LogP contribution in [0.5, 0.6) is 0 Å². The minimum Gasteiger partial charge on any atom is -0.384 e. The number of nitrogens with one attached hydrogen (secondary N) is 1. The second-order valence-corrected chi connectivity index (χ2v) is 4.39. The fraction of sp³-hybridized carbons (Fsp3) is 0.200. The lowest BCUT2D eigenvalue weighted by Gasteiger charge is -2.25. The minimum atomic E-state index is 0.0588. The number of aryl methyl sites for hydroxylation is 1. The van der Waals surface area contributed by atoms with Crippen LogP contribution in [0, 0.1) is 12.3 Å². The zero-order valence-electron chi connectivity index (χ0n) is 11.2. The number of nitrogens with zero attached hydrogens (tertiary/aromatic N) is 2. The first-order valence-corrected chi connectivity index (χ1v) is 6.26. The standard InChI is InChI=1S/C15H18N4/c1-3-19(12-6-4-5-11(2)9-12)14-10-18-8-7-13(14)15(16)17/h4-10H,3H2,1-2H3,(H3,16,17). The number of benzene rings is 1. The summed E-state index contributed by atoms with van der Waals surface area (Å²) in [6, 6.07) is 10.0. The third-order valence-electron chi connectivity index (χ3n) is 3.01. The molecule has 0 aliphatic rings. The van der Waals surface area contributed by atoms with Crippen LogP contribution in [-0.2, 0) is 0 Å². The van der Waals surface area contributed by atoms with E-state index in [1.165, 1.54) is 5.56 Å². The van der Waals surface area contributed by atoms with Crippen LogP contribution >= 0.6 is 0 Å². The van der Waals surface area contributed by atoms with Gasteiger partial charge in [0.15, 0.2) is 0 Å². The predicted octanol–water partition coefficient (Wildman–Crippen LogP) is 2.83. The Labute approximate surface area is 113 Å². The highest BCUT2D eigenvalue weighted by molar-refractivity contribution is 6.01. The molecule has 0 aliphatic carbocycles. The van der Waals surface area contributed by atoms with Gasteiger partial charge in [-0.25, -0.2) is 0 Å². The average molecular weight is 254 g/mol. The van der Waals surface area contributed by atoms with E-state index in [0.717, 1.165) is 17.9 Å². The minimum absolute atomic E-state index is 0.0588. The SMILES string of the molecule is CCN(c1cccc(C)c1)c1cnccc1C(=N)N. The van der Waals surface area contributed by atoms with Gasteiger partial charge >= 0.3 is 0 Å². The molecule has 0 unspecified atom stereocenters. The Morgan fingerprint density at radius 1 is 1.37 bits per heavy atom. The summed E-state index contributed by atoms with van der Waals surface area (Å²) in [6.45, 7) is 4.92. The molecule has 0 radical (unpaired) electrons. The second kappa shape index (κ2) is 5.52. The second-order valence-electron chi connectivity index (χ2n) is 4.39.